The average molecular weight is 305 g/mol. The molecule has 0 spiro atoms. The van der Waals surface area contributed by atoms with Gasteiger partial charge in [-0.3, -0.25) is 0 Å². The Kier molecular flexibility index (Phi) is 4.62. The van der Waals surface area contributed by atoms with Gasteiger partial charge in [0.05, 0.1) is 18.4 Å². The smallest absolute Gasteiger partial charge is 0.416 e. The van der Waals surface area contributed by atoms with Crippen molar-refractivity contribution in [1.82, 2.24) is 0 Å². The third-order valence-electron chi connectivity index (χ3n) is 3.14. The molecule has 0 fully saturated rings. The van der Waals surface area contributed by atoms with Crippen molar-refractivity contribution in [2.75, 3.05) is 12.4 Å². The van der Waals surface area contributed by atoms with E-state index in [1.807, 2.05) is 12.1 Å². The summed E-state index contributed by atoms with van der Waals surface area (Å²) in [5, 5.41) is 3.08. The van der Waals surface area contributed by atoms with E-state index >= 15 is 0 Å². The van der Waals surface area contributed by atoms with Gasteiger partial charge in [0.25, 0.3) is 0 Å². The molecular weight excluding hydrogens is 291 g/mol. The maximum Gasteiger partial charge on any atom is 0.416 e. The second-order valence-corrected chi connectivity index (χ2v) is 4.56. The first-order valence-electron chi connectivity index (χ1n) is 6.48. The second kappa shape index (κ2) is 6.44. The predicted molar refractivity (Wildman–Crippen MR) is 79.6 cm³/mol. The summed E-state index contributed by atoms with van der Waals surface area (Å²) in [6.45, 7) is 0. The van der Waals surface area contributed by atoms with E-state index in [9.17, 15) is 13.2 Å². The van der Waals surface area contributed by atoms with E-state index < -0.39 is 17.8 Å². The van der Waals surface area contributed by atoms with Gasteiger partial charge >= 0.3 is 6.18 Å². The van der Waals surface area contributed by atoms with Gasteiger partial charge in [-0.15, -0.1) is 6.42 Å². The maximum atomic E-state index is 12.6. The largest absolute Gasteiger partial charge is 0.495 e. The van der Waals surface area contributed by atoms with Crippen LogP contribution in [0, 0.1) is 12.3 Å². The Labute approximate surface area is 126 Å². The van der Waals surface area contributed by atoms with Gasteiger partial charge in [0.1, 0.15) is 11.8 Å². The zero-order valence-corrected chi connectivity index (χ0v) is 11.8. The summed E-state index contributed by atoms with van der Waals surface area (Å²) in [6, 6.07) is 11.4. The summed E-state index contributed by atoms with van der Waals surface area (Å²) in [6.07, 6.45) is 1.13. The number of methoxy groups -OCH3 is 1. The van der Waals surface area contributed by atoms with Gasteiger partial charge in [-0.05, 0) is 29.8 Å². The van der Waals surface area contributed by atoms with Gasteiger partial charge in [0, 0.05) is 0 Å². The Balaban J connectivity index is 2.24. The molecule has 1 atom stereocenters. The Bertz CT molecular complexity index is 672. The zero-order valence-electron chi connectivity index (χ0n) is 11.8. The SMILES string of the molecule is C#CC(Nc1ccccc1OC)c1ccc(C(F)(F)F)cc1. The Morgan fingerprint density at radius 1 is 1.09 bits per heavy atom. The highest BCUT2D eigenvalue weighted by atomic mass is 19.4. The first-order chi connectivity index (χ1) is 10.5. The molecule has 2 rings (SSSR count). The van der Waals surface area contributed by atoms with Crippen LogP contribution in [0.3, 0.4) is 0 Å². The first kappa shape index (κ1) is 15.8. The standard InChI is InChI=1S/C17H14F3NO/c1-3-14(21-15-6-4-5-7-16(15)22-2)12-8-10-13(11-9-12)17(18,19)20/h1,4-11,14,21H,2H3. The molecule has 0 radical (unpaired) electrons. The minimum Gasteiger partial charge on any atom is -0.495 e. The van der Waals surface area contributed by atoms with Crippen LogP contribution in [0.15, 0.2) is 48.5 Å². The molecule has 114 valence electrons. The van der Waals surface area contributed by atoms with Crippen molar-refractivity contribution in [2.24, 2.45) is 0 Å². The van der Waals surface area contributed by atoms with Crippen molar-refractivity contribution in [2.45, 2.75) is 12.2 Å². The molecule has 22 heavy (non-hydrogen) atoms. The molecule has 0 saturated heterocycles. The van der Waals surface area contributed by atoms with Crippen LogP contribution < -0.4 is 10.1 Å². The van der Waals surface area contributed by atoms with Crippen LogP contribution in [0.25, 0.3) is 0 Å². The first-order valence-corrected chi connectivity index (χ1v) is 6.48. The molecule has 1 unspecified atom stereocenters. The van der Waals surface area contributed by atoms with Crippen molar-refractivity contribution >= 4 is 5.69 Å². The predicted octanol–water partition coefficient (Wildman–Crippen LogP) is 4.50. The van der Waals surface area contributed by atoms with Gasteiger partial charge in [0.15, 0.2) is 0 Å². The molecule has 0 aromatic heterocycles. The third kappa shape index (κ3) is 3.53. The lowest BCUT2D eigenvalue weighted by molar-refractivity contribution is -0.137. The van der Waals surface area contributed by atoms with Crippen molar-refractivity contribution < 1.29 is 17.9 Å². The molecule has 0 heterocycles. The van der Waals surface area contributed by atoms with Gasteiger partial charge in [-0.2, -0.15) is 13.2 Å². The Morgan fingerprint density at radius 3 is 2.27 bits per heavy atom. The lowest BCUT2D eigenvalue weighted by atomic mass is 10.0. The molecular formula is C17H14F3NO. The maximum absolute atomic E-state index is 12.6. The molecule has 2 aromatic carbocycles. The van der Waals surface area contributed by atoms with Crippen LogP contribution in [-0.2, 0) is 6.18 Å². The lowest BCUT2D eigenvalue weighted by Crippen LogP contribution is -2.10. The average Bonchev–Trinajstić information content (AvgIpc) is 2.52. The van der Waals surface area contributed by atoms with Crippen LogP contribution in [-0.4, -0.2) is 7.11 Å². The number of ether oxygens (including phenoxy) is 1. The second-order valence-electron chi connectivity index (χ2n) is 4.56. The van der Waals surface area contributed by atoms with E-state index in [0.29, 0.717) is 17.0 Å². The van der Waals surface area contributed by atoms with Crippen molar-refractivity contribution in [3.8, 4) is 18.1 Å². The van der Waals surface area contributed by atoms with Crippen molar-refractivity contribution in [1.29, 1.82) is 0 Å². The quantitative estimate of drug-likeness (QED) is 0.840. The molecule has 0 aliphatic carbocycles. The summed E-state index contributed by atoms with van der Waals surface area (Å²) in [5.74, 6) is 3.13. The van der Waals surface area contributed by atoms with E-state index in [-0.39, 0.29) is 0 Å². The zero-order chi connectivity index (χ0) is 16.2. The van der Waals surface area contributed by atoms with Gasteiger partial charge < -0.3 is 10.1 Å². The van der Waals surface area contributed by atoms with Crippen LogP contribution >= 0.6 is 0 Å². The number of alkyl halides is 3. The number of terminal acetylenes is 1. The summed E-state index contributed by atoms with van der Waals surface area (Å²) in [4.78, 5) is 0. The Morgan fingerprint density at radius 2 is 1.73 bits per heavy atom. The fourth-order valence-electron chi connectivity index (χ4n) is 2.01. The van der Waals surface area contributed by atoms with E-state index in [4.69, 9.17) is 11.2 Å². The summed E-state index contributed by atoms with van der Waals surface area (Å²) >= 11 is 0. The van der Waals surface area contributed by atoms with E-state index in [0.717, 1.165) is 12.1 Å². The molecule has 2 nitrogen and oxygen atoms in total. The molecule has 0 bridgehead atoms. The van der Waals surface area contributed by atoms with Gasteiger partial charge in [0.2, 0.25) is 0 Å². The molecule has 0 aliphatic heterocycles. The summed E-state index contributed by atoms with van der Waals surface area (Å²) in [7, 11) is 1.53. The number of hydrogen-bond donors (Lipinski definition) is 1. The van der Waals surface area contributed by atoms with Crippen LogP contribution in [0.5, 0.6) is 5.75 Å². The normalized spacial score (nSPS) is 12.3. The fourth-order valence-corrected chi connectivity index (χ4v) is 2.01. The molecule has 2 aromatic rings. The molecule has 0 aliphatic rings. The van der Waals surface area contributed by atoms with Crippen molar-refractivity contribution in [3.63, 3.8) is 0 Å². The minimum absolute atomic E-state index is 0.557. The summed E-state index contributed by atoms with van der Waals surface area (Å²) < 4.78 is 42.9. The Hall–Kier alpha value is -2.61. The highest BCUT2D eigenvalue weighted by Crippen LogP contribution is 2.31. The van der Waals surface area contributed by atoms with E-state index in [2.05, 4.69) is 11.2 Å². The highest BCUT2D eigenvalue weighted by molar-refractivity contribution is 5.58. The molecule has 0 amide bonds. The minimum atomic E-state index is -4.36. The topological polar surface area (TPSA) is 21.3 Å². The number of hydrogen-bond acceptors (Lipinski definition) is 2. The number of nitrogens with one attached hydrogen (secondary N) is 1. The summed E-state index contributed by atoms with van der Waals surface area (Å²) in [5.41, 5.74) is 0.540. The molecule has 1 N–H and O–H groups in total. The third-order valence-corrected chi connectivity index (χ3v) is 3.14. The lowest BCUT2D eigenvalue weighted by Gasteiger charge is -2.17. The fraction of sp³-hybridized carbons (Fsp3) is 0.176. The number of para-hydroxylation sites is 2. The van der Waals surface area contributed by atoms with E-state index in [1.165, 1.54) is 19.2 Å². The highest BCUT2D eigenvalue weighted by Gasteiger charge is 2.30. The van der Waals surface area contributed by atoms with Gasteiger partial charge in [-0.1, -0.05) is 30.2 Å². The molecule has 5 heteroatoms. The van der Waals surface area contributed by atoms with Crippen molar-refractivity contribution in [3.05, 3.63) is 59.7 Å². The number of benzene rings is 2. The monoisotopic (exact) mass is 305 g/mol. The number of halogens is 3. The number of rotatable bonds is 4. The molecule has 0 saturated carbocycles. The van der Waals surface area contributed by atoms with Crippen LogP contribution in [0.1, 0.15) is 17.2 Å². The number of anilines is 1. The van der Waals surface area contributed by atoms with Crippen LogP contribution in [0.4, 0.5) is 18.9 Å². The van der Waals surface area contributed by atoms with Gasteiger partial charge in [-0.25, -0.2) is 0 Å². The van der Waals surface area contributed by atoms with Crippen LogP contribution in [0.2, 0.25) is 0 Å². The van der Waals surface area contributed by atoms with E-state index in [1.54, 1.807) is 12.1 Å².